The number of hydrogen-bond acceptors (Lipinski definition) is 7. The molecule has 0 bridgehead atoms. The molecular weight excluding hydrogens is 298 g/mol. The summed E-state index contributed by atoms with van der Waals surface area (Å²) >= 11 is 0. The van der Waals surface area contributed by atoms with E-state index in [0.29, 0.717) is 29.6 Å². The molecule has 1 aromatic heterocycles. The van der Waals surface area contributed by atoms with Crippen molar-refractivity contribution in [1.29, 1.82) is 0 Å². The highest BCUT2D eigenvalue weighted by Gasteiger charge is 2.20. The summed E-state index contributed by atoms with van der Waals surface area (Å²) in [5, 5.41) is 6.89. The van der Waals surface area contributed by atoms with Gasteiger partial charge in [-0.1, -0.05) is 5.16 Å². The zero-order valence-corrected chi connectivity index (χ0v) is 13.1. The summed E-state index contributed by atoms with van der Waals surface area (Å²) in [5.74, 6) is 2.26. The first-order valence-electron chi connectivity index (χ1n) is 6.97. The Hall–Kier alpha value is -2.96. The molecule has 0 unspecified atom stereocenters. The van der Waals surface area contributed by atoms with Crippen molar-refractivity contribution in [3.8, 4) is 28.6 Å². The van der Waals surface area contributed by atoms with Crippen LogP contribution in [0.5, 0.6) is 17.2 Å². The minimum Gasteiger partial charge on any atom is -0.493 e. The average molecular weight is 315 g/mol. The standard InChI is InChI=1S/C16H17N3O4/c1-20-13-4-10(5-14(21-2)16(13)22-3)15-12(8-19-23-15)11-6-17-9-18-7-11/h4-6,8-9H,7H2,1-3H3,(H,17,18). The lowest BCUT2D eigenvalue weighted by Gasteiger charge is -2.14. The number of aromatic nitrogens is 1. The lowest BCUT2D eigenvalue weighted by molar-refractivity contribution is 0.324. The second-order valence-corrected chi connectivity index (χ2v) is 4.79. The second kappa shape index (κ2) is 6.43. The quantitative estimate of drug-likeness (QED) is 0.912. The molecule has 0 saturated carbocycles. The number of methoxy groups -OCH3 is 3. The first-order chi connectivity index (χ1) is 11.3. The molecule has 1 aliphatic heterocycles. The molecule has 1 N–H and O–H groups in total. The summed E-state index contributed by atoms with van der Waals surface area (Å²) in [6.07, 6.45) is 5.20. The van der Waals surface area contributed by atoms with E-state index in [4.69, 9.17) is 18.7 Å². The minimum absolute atomic E-state index is 0.531. The number of nitrogens with one attached hydrogen (secondary N) is 1. The van der Waals surface area contributed by atoms with Crippen LogP contribution >= 0.6 is 0 Å². The average Bonchev–Trinajstić information content (AvgIpc) is 3.10. The Morgan fingerprint density at radius 3 is 2.39 bits per heavy atom. The summed E-state index contributed by atoms with van der Waals surface area (Å²) < 4.78 is 21.6. The van der Waals surface area contributed by atoms with E-state index >= 15 is 0 Å². The van der Waals surface area contributed by atoms with E-state index in [1.807, 2.05) is 18.3 Å². The fourth-order valence-electron chi connectivity index (χ4n) is 2.43. The van der Waals surface area contributed by atoms with E-state index in [9.17, 15) is 0 Å². The predicted molar refractivity (Wildman–Crippen MR) is 86.1 cm³/mol. The first kappa shape index (κ1) is 15.0. The highest BCUT2D eigenvalue weighted by molar-refractivity contribution is 5.82. The Morgan fingerprint density at radius 2 is 1.83 bits per heavy atom. The maximum Gasteiger partial charge on any atom is 0.203 e. The molecule has 23 heavy (non-hydrogen) atoms. The van der Waals surface area contributed by atoms with Gasteiger partial charge in [0.25, 0.3) is 0 Å². The van der Waals surface area contributed by atoms with E-state index in [1.165, 1.54) is 0 Å². The van der Waals surface area contributed by atoms with Crippen LogP contribution < -0.4 is 19.5 Å². The molecule has 1 aliphatic rings. The van der Waals surface area contributed by atoms with Gasteiger partial charge in [-0.15, -0.1) is 0 Å². The van der Waals surface area contributed by atoms with Gasteiger partial charge in [-0.3, -0.25) is 4.99 Å². The molecule has 7 nitrogen and oxygen atoms in total. The SMILES string of the molecule is COc1cc(-c2oncc2C2=CNC=NC2)cc(OC)c1OC. The van der Waals surface area contributed by atoms with Crippen molar-refractivity contribution >= 4 is 11.9 Å². The molecule has 120 valence electrons. The molecule has 2 aromatic rings. The summed E-state index contributed by atoms with van der Waals surface area (Å²) in [4.78, 5) is 4.20. The first-order valence-corrected chi connectivity index (χ1v) is 6.97. The third kappa shape index (κ3) is 2.73. The number of ether oxygens (including phenoxy) is 3. The number of rotatable bonds is 5. The highest BCUT2D eigenvalue weighted by Crippen LogP contribution is 2.42. The smallest absolute Gasteiger partial charge is 0.203 e. The van der Waals surface area contributed by atoms with E-state index in [-0.39, 0.29) is 0 Å². The number of aliphatic imine (C=N–C) groups is 1. The van der Waals surface area contributed by atoms with Crippen LogP contribution in [-0.2, 0) is 0 Å². The van der Waals surface area contributed by atoms with Crippen LogP contribution in [0.1, 0.15) is 5.56 Å². The van der Waals surface area contributed by atoms with Crippen LogP contribution in [0.4, 0.5) is 0 Å². The van der Waals surface area contributed by atoms with Gasteiger partial charge < -0.3 is 24.1 Å². The van der Waals surface area contributed by atoms with Crippen molar-refractivity contribution in [3.05, 3.63) is 30.1 Å². The number of nitrogens with zero attached hydrogens (tertiary/aromatic N) is 2. The molecule has 0 aliphatic carbocycles. The van der Waals surface area contributed by atoms with E-state index in [2.05, 4.69) is 15.5 Å². The molecule has 0 amide bonds. The zero-order valence-electron chi connectivity index (χ0n) is 13.1. The maximum atomic E-state index is 5.45. The van der Waals surface area contributed by atoms with Gasteiger partial charge in [0.15, 0.2) is 17.3 Å². The van der Waals surface area contributed by atoms with Gasteiger partial charge in [0.1, 0.15) is 0 Å². The van der Waals surface area contributed by atoms with Crippen molar-refractivity contribution in [2.24, 2.45) is 4.99 Å². The third-order valence-corrected chi connectivity index (χ3v) is 3.53. The zero-order chi connectivity index (χ0) is 16.2. The van der Waals surface area contributed by atoms with Crippen molar-refractivity contribution in [2.45, 2.75) is 0 Å². The van der Waals surface area contributed by atoms with Crippen molar-refractivity contribution < 1.29 is 18.7 Å². The molecule has 0 radical (unpaired) electrons. The van der Waals surface area contributed by atoms with Crippen LogP contribution in [0.15, 0.2) is 34.0 Å². The summed E-state index contributed by atoms with van der Waals surface area (Å²) in [5.41, 5.74) is 2.63. The van der Waals surface area contributed by atoms with E-state index in [0.717, 1.165) is 16.7 Å². The Bertz CT molecular complexity index is 739. The molecular formula is C16H17N3O4. The summed E-state index contributed by atoms with van der Waals surface area (Å²) in [6, 6.07) is 3.65. The summed E-state index contributed by atoms with van der Waals surface area (Å²) in [6.45, 7) is 0.561. The molecule has 0 atom stereocenters. The largest absolute Gasteiger partial charge is 0.493 e. The van der Waals surface area contributed by atoms with Crippen LogP contribution in [0.2, 0.25) is 0 Å². The van der Waals surface area contributed by atoms with Crippen LogP contribution in [0.3, 0.4) is 0 Å². The van der Waals surface area contributed by atoms with Crippen molar-refractivity contribution in [2.75, 3.05) is 27.9 Å². The van der Waals surface area contributed by atoms with Crippen LogP contribution in [0.25, 0.3) is 16.9 Å². The Labute approximate surface area is 133 Å². The lowest BCUT2D eigenvalue weighted by atomic mass is 10.0. The third-order valence-electron chi connectivity index (χ3n) is 3.53. The molecule has 7 heteroatoms. The Kier molecular flexibility index (Phi) is 4.18. The molecule has 3 rings (SSSR count). The van der Waals surface area contributed by atoms with Gasteiger partial charge in [-0.25, -0.2) is 0 Å². The summed E-state index contributed by atoms with van der Waals surface area (Å²) in [7, 11) is 4.71. The second-order valence-electron chi connectivity index (χ2n) is 4.79. The molecule has 0 fully saturated rings. The molecule has 2 heterocycles. The van der Waals surface area contributed by atoms with Gasteiger partial charge in [-0.05, 0) is 12.1 Å². The van der Waals surface area contributed by atoms with Gasteiger partial charge in [0.05, 0.1) is 40.4 Å². The van der Waals surface area contributed by atoms with Gasteiger partial charge in [0, 0.05) is 22.9 Å². The van der Waals surface area contributed by atoms with Crippen molar-refractivity contribution in [1.82, 2.24) is 10.5 Å². The van der Waals surface area contributed by atoms with E-state index < -0.39 is 0 Å². The Morgan fingerprint density at radius 1 is 1.09 bits per heavy atom. The normalized spacial score (nSPS) is 13.3. The fourth-order valence-corrected chi connectivity index (χ4v) is 2.43. The predicted octanol–water partition coefficient (Wildman–Crippen LogP) is 2.34. The monoisotopic (exact) mass is 315 g/mol. The van der Waals surface area contributed by atoms with Crippen LogP contribution in [-0.4, -0.2) is 39.4 Å². The minimum atomic E-state index is 0.531. The topological polar surface area (TPSA) is 78.1 Å². The van der Waals surface area contributed by atoms with E-state index in [1.54, 1.807) is 33.9 Å². The Balaban J connectivity index is 2.09. The fraction of sp³-hybridized carbons (Fsp3) is 0.250. The van der Waals surface area contributed by atoms with Crippen LogP contribution in [0, 0.1) is 0 Å². The van der Waals surface area contributed by atoms with Gasteiger partial charge in [0.2, 0.25) is 5.75 Å². The lowest BCUT2D eigenvalue weighted by Crippen LogP contribution is -2.09. The maximum absolute atomic E-state index is 5.45. The number of hydrogen-bond donors (Lipinski definition) is 1. The molecule has 1 aromatic carbocycles. The highest BCUT2D eigenvalue weighted by atomic mass is 16.5. The molecule has 0 spiro atoms. The number of benzene rings is 1. The van der Waals surface area contributed by atoms with Crippen molar-refractivity contribution in [3.63, 3.8) is 0 Å². The van der Waals surface area contributed by atoms with Gasteiger partial charge in [-0.2, -0.15) is 0 Å². The van der Waals surface area contributed by atoms with Gasteiger partial charge >= 0.3 is 0 Å². The molecule has 0 saturated heterocycles.